The van der Waals surface area contributed by atoms with Crippen LogP contribution in [0, 0.1) is 0 Å². The van der Waals surface area contributed by atoms with Crippen LogP contribution >= 0.6 is 11.6 Å². The van der Waals surface area contributed by atoms with Crippen molar-refractivity contribution in [3.05, 3.63) is 35.9 Å². The molecule has 6 nitrogen and oxygen atoms in total. The van der Waals surface area contributed by atoms with Crippen LogP contribution < -0.4 is 10.6 Å². The first kappa shape index (κ1) is 12.5. The number of amides is 1. The summed E-state index contributed by atoms with van der Waals surface area (Å²) in [6, 6.07) is 5.17. The fourth-order valence-corrected chi connectivity index (χ4v) is 1.67. The topological polar surface area (TPSA) is 71.8 Å². The Hall–Kier alpha value is -1.92. The Labute approximate surface area is 109 Å². The van der Waals surface area contributed by atoms with Crippen LogP contribution in [0.4, 0.5) is 5.69 Å². The molecule has 1 aromatic heterocycles. The van der Waals surface area contributed by atoms with Crippen LogP contribution in [0.3, 0.4) is 0 Å². The molecule has 0 aliphatic carbocycles. The van der Waals surface area contributed by atoms with Crippen LogP contribution in [0.25, 0.3) is 5.69 Å². The van der Waals surface area contributed by atoms with Gasteiger partial charge < -0.3 is 10.6 Å². The average Bonchev–Trinajstić information content (AvgIpc) is 2.83. The molecule has 94 valence electrons. The van der Waals surface area contributed by atoms with Crippen LogP contribution in [-0.4, -0.2) is 34.3 Å². The molecule has 0 spiro atoms. The molecule has 0 fully saturated rings. The van der Waals surface area contributed by atoms with Gasteiger partial charge in [0.2, 0.25) is 5.91 Å². The number of hydrogen-bond donors (Lipinski definition) is 2. The number of likely N-dealkylation sites (N-methyl/N-ethyl adjacent to an activating group) is 1. The largest absolute Gasteiger partial charge is 0.323 e. The summed E-state index contributed by atoms with van der Waals surface area (Å²) in [4.78, 5) is 15.5. The van der Waals surface area contributed by atoms with E-state index in [-0.39, 0.29) is 12.5 Å². The summed E-state index contributed by atoms with van der Waals surface area (Å²) < 4.78 is 1.56. The lowest BCUT2D eigenvalue weighted by molar-refractivity contribution is -0.115. The van der Waals surface area contributed by atoms with Crippen molar-refractivity contribution in [2.45, 2.75) is 0 Å². The van der Waals surface area contributed by atoms with Crippen LogP contribution in [0.5, 0.6) is 0 Å². The van der Waals surface area contributed by atoms with E-state index in [0.717, 1.165) is 0 Å². The summed E-state index contributed by atoms with van der Waals surface area (Å²) in [6.45, 7) is 0.226. The summed E-state index contributed by atoms with van der Waals surface area (Å²) >= 11 is 5.93. The number of rotatable bonds is 4. The molecule has 0 bridgehead atoms. The highest BCUT2D eigenvalue weighted by atomic mass is 35.5. The van der Waals surface area contributed by atoms with Crippen molar-refractivity contribution < 1.29 is 4.79 Å². The van der Waals surface area contributed by atoms with Gasteiger partial charge in [-0.05, 0) is 25.2 Å². The summed E-state index contributed by atoms with van der Waals surface area (Å²) in [6.07, 6.45) is 2.98. The van der Waals surface area contributed by atoms with Gasteiger partial charge in [-0.25, -0.2) is 9.67 Å². The molecule has 7 heteroatoms. The minimum Gasteiger partial charge on any atom is -0.323 e. The lowest BCUT2D eigenvalue weighted by Crippen LogP contribution is -2.25. The number of aromatic nitrogens is 3. The fourth-order valence-electron chi connectivity index (χ4n) is 1.50. The monoisotopic (exact) mass is 265 g/mol. The third-order valence-electron chi connectivity index (χ3n) is 2.24. The molecule has 1 heterocycles. The molecular formula is C11H12ClN5O. The molecule has 0 atom stereocenters. The quantitative estimate of drug-likeness (QED) is 0.868. The first-order valence-corrected chi connectivity index (χ1v) is 5.67. The maximum atomic E-state index is 11.6. The van der Waals surface area contributed by atoms with Gasteiger partial charge in [-0.3, -0.25) is 4.79 Å². The van der Waals surface area contributed by atoms with Crippen molar-refractivity contribution in [1.29, 1.82) is 0 Å². The molecule has 2 aromatic rings. The molecule has 0 radical (unpaired) electrons. The van der Waals surface area contributed by atoms with Crippen LogP contribution in [-0.2, 0) is 4.79 Å². The predicted molar refractivity (Wildman–Crippen MR) is 68.9 cm³/mol. The van der Waals surface area contributed by atoms with E-state index in [1.807, 2.05) is 0 Å². The normalized spacial score (nSPS) is 10.3. The van der Waals surface area contributed by atoms with Gasteiger partial charge in [-0.2, -0.15) is 5.10 Å². The second-order valence-corrected chi connectivity index (χ2v) is 4.02. The number of hydrogen-bond acceptors (Lipinski definition) is 4. The molecule has 18 heavy (non-hydrogen) atoms. The smallest absolute Gasteiger partial charge is 0.238 e. The lowest BCUT2D eigenvalue weighted by Gasteiger charge is -2.11. The first-order chi connectivity index (χ1) is 8.70. The van der Waals surface area contributed by atoms with Gasteiger partial charge >= 0.3 is 0 Å². The van der Waals surface area contributed by atoms with Crippen LogP contribution in [0.2, 0.25) is 5.02 Å². The molecule has 2 rings (SSSR count). The maximum absolute atomic E-state index is 11.6. The van der Waals surface area contributed by atoms with E-state index in [0.29, 0.717) is 16.4 Å². The number of anilines is 1. The minimum absolute atomic E-state index is 0.152. The van der Waals surface area contributed by atoms with E-state index in [2.05, 4.69) is 20.7 Å². The molecule has 0 saturated carbocycles. The summed E-state index contributed by atoms with van der Waals surface area (Å²) in [7, 11) is 1.70. The third kappa shape index (κ3) is 2.85. The highest BCUT2D eigenvalue weighted by molar-refractivity contribution is 6.31. The summed E-state index contributed by atoms with van der Waals surface area (Å²) in [5, 5.41) is 10.1. The Balaban J connectivity index is 2.32. The van der Waals surface area contributed by atoms with Gasteiger partial charge in [-0.1, -0.05) is 11.6 Å². The van der Waals surface area contributed by atoms with E-state index in [9.17, 15) is 4.79 Å². The zero-order chi connectivity index (χ0) is 13.0. The van der Waals surface area contributed by atoms with Crippen molar-refractivity contribution in [1.82, 2.24) is 20.1 Å². The fraction of sp³-hybridized carbons (Fsp3) is 0.182. The van der Waals surface area contributed by atoms with Crippen molar-refractivity contribution in [3.63, 3.8) is 0 Å². The Morgan fingerprint density at radius 3 is 3.00 bits per heavy atom. The Kier molecular flexibility index (Phi) is 3.91. The van der Waals surface area contributed by atoms with Crippen LogP contribution in [0.1, 0.15) is 0 Å². The highest BCUT2D eigenvalue weighted by Gasteiger charge is 2.09. The van der Waals surface area contributed by atoms with Crippen molar-refractivity contribution >= 4 is 23.2 Å². The molecule has 0 aliphatic rings. The average molecular weight is 266 g/mol. The second kappa shape index (κ2) is 5.61. The summed E-state index contributed by atoms with van der Waals surface area (Å²) in [5.41, 5.74) is 1.30. The van der Waals surface area contributed by atoms with Crippen LogP contribution in [0.15, 0.2) is 30.9 Å². The Morgan fingerprint density at radius 2 is 2.33 bits per heavy atom. The number of halogens is 1. The molecule has 2 N–H and O–H groups in total. The number of nitrogens with zero attached hydrogens (tertiary/aromatic N) is 3. The zero-order valence-electron chi connectivity index (χ0n) is 9.72. The molecule has 0 unspecified atom stereocenters. The molecule has 0 aliphatic heterocycles. The van der Waals surface area contributed by atoms with Gasteiger partial charge in [0.25, 0.3) is 0 Å². The van der Waals surface area contributed by atoms with E-state index < -0.39 is 0 Å². The van der Waals surface area contributed by atoms with Crippen molar-refractivity contribution in [2.75, 3.05) is 18.9 Å². The summed E-state index contributed by atoms with van der Waals surface area (Å²) in [5.74, 6) is -0.152. The maximum Gasteiger partial charge on any atom is 0.238 e. The SMILES string of the molecule is CNCC(=O)Nc1cc(Cl)ccc1-n1cncn1. The van der Waals surface area contributed by atoms with Gasteiger partial charge in [-0.15, -0.1) is 0 Å². The highest BCUT2D eigenvalue weighted by Crippen LogP contribution is 2.23. The molecule has 1 aromatic carbocycles. The van der Waals surface area contributed by atoms with Gasteiger partial charge in [0.15, 0.2) is 0 Å². The zero-order valence-corrected chi connectivity index (χ0v) is 10.5. The van der Waals surface area contributed by atoms with Gasteiger partial charge in [0, 0.05) is 5.02 Å². The lowest BCUT2D eigenvalue weighted by atomic mass is 10.2. The van der Waals surface area contributed by atoms with Crippen molar-refractivity contribution in [2.24, 2.45) is 0 Å². The predicted octanol–water partition coefficient (Wildman–Crippen LogP) is 1.08. The number of carbonyl (C=O) groups excluding carboxylic acids is 1. The van der Waals surface area contributed by atoms with E-state index in [1.165, 1.54) is 6.33 Å². The number of carbonyl (C=O) groups is 1. The third-order valence-corrected chi connectivity index (χ3v) is 2.47. The number of nitrogens with one attached hydrogen (secondary N) is 2. The van der Waals surface area contributed by atoms with Gasteiger partial charge in [0.1, 0.15) is 12.7 Å². The molecule has 1 amide bonds. The van der Waals surface area contributed by atoms with E-state index >= 15 is 0 Å². The Morgan fingerprint density at radius 1 is 1.50 bits per heavy atom. The second-order valence-electron chi connectivity index (χ2n) is 3.58. The minimum atomic E-state index is -0.152. The van der Waals surface area contributed by atoms with E-state index in [1.54, 1.807) is 36.3 Å². The Bertz CT molecular complexity index is 540. The standard InChI is InChI=1S/C11H12ClN5O/c1-13-5-11(18)16-9-4-8(12)2-3-10(9)17-7-14-6-15-17/h2-4,6-7,13H,5H2,1H3,(H,16,18). The van der Waals surface area contributed by atoms with Gasteiger partial charge in [0.05, 0.1) is 17.9 Å². The molecular weight excluding hydrogens is 254 g/mol. The first-order valence-electron chi connectivity index (χ1n) is 5.29. The molecule has 0 saturated heterocycles. The number of benzene rings is 1. The van der Waals surface area contributed by atoms with E-state index in [4.69, 9.17) is 11.6 Å². The van der Waals surface area contributed by atoms with Crippen molar-refractivity contribution in [3.8, 4) is 5.69 Å².